The normalized spacial score (nSPS) is 10.3. The van der Waals surface area contributed by atoms with Crippen LogP contribution in [0.3, 0.4) is 0 Å². The zero-order chi connectivity index (χ0) is 13.5. The van der Waals surface area contributed by atoms with Gasteiger partial charge in [0.15, 0.2) is 0 Å². The topological polar surface area (TPSA) is 52.1 Å². The maximum atomic E-state index is 11.0. The molecule has 0 aliphatic rings. The standard InChI is InChI=1S/C15H12N2O2/c1-2-15(18)19-14-8-7-13(17-11-14)6-5-12-4-3-9-16-10-12/h2-11H,1H2/b6-5+. The van der Waals surface area contributed by atoms with Crippen LogP contribution in [0.1, 0.15) is 11.3 Å². The molecule has 0 spiro atoms. The average Bonchev–Trinajstić information content (AvgIpc) is 2.47. The lowest BCUT2D eigenvalue weighted by molar-refractivity contribution is -0.128. The Labute approximate surface area is 111 Å². The lowest BCUT2D eigenvalue weighted by Gasteiger charge is -2.00. The predicted octanol–water partition coefficient (Wildman–Crippen LogP) is 2.74. The van der Waals surface area contributed by atoms with Crippen molar-refractivity contribution in [2.75, 3.05) is 0 Å². The molecule has 2 aromatic heterocycles. The van der Waals surface area contributed by atoms with E-state index in [1.807, 2.05) is 24.3 Å². The van der Waals surface area contributed by atoms with E-state index in [-0.39, 0.29) is 0 Å². The summed E-state index contributed by atoms with van der Waals surface area (Å²) in [5.41, 5.74) is 1.76. The second-order valence-electron chi connectivity index (χ2n) is 3.66. The highest BCUT2D eigenvalue weighted by Crippen LogP contribution is 2.11. The van der Waals surface area contributed by atoms with Crippen molar-refractivity contribution < 1.29 is 9.53 Å². The third-order valence-electron chi connectivity index (χ3n) is 2.28. The number of hydrogen-bond acceptors (Lipinski definition) is 4. The minimum absolute atomic E-state index is 0.392. The van der Waals surface area contributed by atoms with Crippen molar-refractivity contribution in [3.05, 3.63) is 66.8 Å². The van der Waals surface area contributed by atoms with E-state index < -0.39 is 5.97 Å². The maximum absolute atomic E-state index is 11.0. The third kappa shape index (κ3) is 3.89. The molecule has 0 saturated carbocycles. The van der Waals surface area contributed by atoms with Gasteiger partial charge in [-0.3, -0.25) is 9.97 Å². The highest BCUT2D eigenvalue weighted by molar-refractivity contribution is 5.83. The second-order valence-corrected chi connectivity index (χ2v) is 3.66. The predicted molar refractivity (Wildman–Crippen MR) is 73.2 cm³/mol. The van der Waals surface area contributed by atoms with Gasteiger partial charge in [-0.15, -0.1) is 0 Å². The summed E-state index contributed by atoms with van der Waals surface area (Å²) in [4.78, 5) is 19.2. The highest BCUT2D eigenvalue weighted by Gasteiger charge is 1.99. The number of aromatic nitrogens is 2. The van der Waals surface area contributed by atoms with Crippen molar-refractivity contribution in [3.8, 4) is 5.75 Å². The molecule has 0 radical (unpaired) electrons. The number of esters is 1. The lowest BCUT2D eigenvalue weighted by atomic mass is 10.2. The summed E-state index contributed by atoms with van der Waals surface area (Å²) < 4.78 is 4.93. The number of hydrogen-bond donors (Lipinski definition) is 0. The first-order chi connectivity index (χ1) is 9.28. The molecule has 4 heteroatoms. The van der Waals surface area contributed by atoms with Gasteiger partial charge < -0.3 is 4.74 Å². The molecular weight excluding hydrogens is 240 g/mol. The van der Waals surface area contributed by atoms with Crippen molar-refractivity contribution in [2.24, 2.45) is 0 Å². The molecule has 0 fully saturated rings. The Morgan fingerprint density at radius 2 is 2.11 bits per heavy atom. The highest BCUT2D eigenvalue weighted by atomic mass is 16.5. The summed E-state index contributed by atoms with van der Waals surface area (Å²) in [6.07, 6.45) is 9.84. The van der Waals surface area contributed by atoms with Crippen molar-refractivity contribution in [1.82, 2.24) is 9.97 Å². The molecule has 0 amide bonds. The maximum Gasteiger partial charge on any atom is 0.335 e. The van der Waals surface area contributed by atoms with E-state index >= 15 is 0 Å². The lowest BCUT2D eigenvalue weighted by Crippen LogP contribution is -2.03. The molecule has 0 atom stereocenters. The average molecular weight is 252 g/mol. The van der Waals surface area contributed by atoms with E-state index in [2.05, 4.69) is 16.5 Å². The SMILES string of the molecule is C=CC(=O)Oc1ccc(/C=C/c2cccnc2)nc1. The van der Waals surface area contributed by atoms with Gasteiger partial charge in [0.2, 0.25) is 0 Å². The van der Waals surface area contributed by atoms with Gasteiger partial charge in [0.05, 0.1) is 11.9 Å². The molecule has 0 saturated heterocycles. The Bertz CT molecular complexity index is 589. The quantitative estimate of drug-likeness (QED) is 0.620. The van der Waals surface area contributed by atoms with E-state index in [4.69, 9.17) is 4.74 Å². The second kappa shape index (κ2) is 6.26. The third-order valence-corrected chi connectivity index (χ3v) is 2.28. The molecule has 2 rings (SSSR count). The van der Waals surface area contributed by atoms with Crippen molar-refractivity contribution in [3.63, 3.8) is 0 Å². The largest absolute Gasteiger partial charge is 0.422 e. The first kappa shape index (κ1) is 12.7. The Balaban J connectivity index is 2.05. The Morgan fingerprint density at radius 1 is 1.21 bits per heavy atom. The Kier molecular flexibility index (Phi) is 4.18. The van der Waals surface area contributed by atoms with Crippen LogP contribution in [0.5, 0.6) is 5.75 Å². The Hall–Kier alpha value is -2.75. The van der Waals surface area contributed by atoms with Crippen LogP contribution in [0, 0.1) is 0 Å². The number of ether oxygens (including phenoxy) is 1. The smallest absolute Gasteiger partial charge is 0.335 e. The summed E-state index contributed by atoms with van der Waals surface area (Å²) in [6, 6.07) is 7.25. The molecule has 0 aliphatic heterocycles. The van der Waals surface area contributed by atoms with Crippen molar-refractivity contribution in [2.45, 2.75) is 0 Å². The first-order valence-corrected chi connectivity index (χ1v) is 5.66. The molecule has 0 aromatic carbocycles. The van der Waals surface area contributed by atoms with Crippen LogP contribution in [0.15, 0.2) is 55.5 Å². The summed E-state index contributed by atoms with van der Waals surface area (Å²) in [5.74, 6) is -0.108. The minimum Gasteiger partial charge on any atom is -0.422 e. The van der Waals surface area contributed by atoms with E-state index in [0.29, 0.717) is 5.75 Å². The fourth-order valence-electron chi connectivity index (χ4n) is 1.36. The van der Waals surface area contributed by atoms with Crippen LogP contribution in [-0.4, -0.2) is 15.9 Å². The van der Waals surface area contributed by atoms with E-state index in [1.54, 1.807) is 24.5 Å². The van der Waals surface area contributed by atoms with Gasteiger partial charge in [0, 0.05) is 18.5 Å². The fraction of sp³-hybridized carbons (Fsp3) is 0. The molecule has 0 unspecified atom stereocenters. The Morgan fingerprint density at radius 3 is 2.74 bits per heavy atom. The van der Waals surface area contributed by atoms with Gasteiger partial charge in [-0.2, -0.15) is 0 Å². The molecule has 0 aliphatic carbocycles. The van der Waals surface area contributed by atoms with Crippen LogP contribution >= 0.6 is 0 Å². The minimum atomic E-state index is -0.500. The van der Waals surface area contributed by atoms with E-state index in [1.165, 1.54) is 6.20 Å². The monoisotopic (exact) mass is 252 g/mol. The van der Waals surface area contributed by atoms with Crippen LogP contribution in [0.4, 0.5) is 0 Å². The summed E-state index contributed by atoms with van der Waals surface area (Å²) in [7, 11) is 0. The molecular formula is C15H12N2O2. The number of nitrogens with zero attached hydrogens (tertiary/aromatic N) is 2. The molecule has 0 bridgehead atoms. The molecule has 4 nitrogen and oxygen atoms in total. The van der Waals surface area contributed by atoms with Crippen molar-refractivity contribution in [1.29, 1.82) is 0 Å². The van der Waals surface area contributed by atoms with Crippen LogP contribution in [-0.2, 0) is 4.79 Å². The fourth-order valence-corrected chi connectivity index (χ4v) is 1.36. The van der Waals surface area contributed by atoms with Gasteiger partial charge in [-0.05, 0) is 29.8 Å². The number of pyridine rings is 2. The van der Waals surface area contributed by atoms with Gasteiger partial charge in [0.1, 0.15) is 5.75 Å². The first-order valence-electron chi connectivity index (χ1n) is 5.66. The van der Waals surface area contributed by atoms with Crippen molar-refractivity contribution >= 4 is 18.1 Å². The molecule has 94 valence electrons. The van der Waals surface area contributed by atoms with Gasteiger partial charge >= 0.3 is 5.97 Å². The molecule has 2 heterocycles. The van der Waals surface area contributed by atoms with Crippen LogP contribution in [0.25, 0.3) is 12.2 Å². The number of rotatable bonds is 4. The zero-order valence-electron chi connectivity index (χ0n) is 10.2. The van der Waals surface area contributed by atoms with Gasteiger partial charge in [-0.1, -0.05) is 18.7 Å². The summed E-state index contributed by atoms with van der Waals surface area (Å²) >= 11 is 0. The van der Waals surface area contributed by atoms with Crippen LogP contribution in [0.2, 0.25) is 0 Å². The molecule has 19 heavy (non-hydrogen) atoms. The van der Waals surface area contributed by atoms with Gasteiger partial charge in [0.25, 0.3) is 0 Å². The molecule has 2 aromatic rings. The number of carbonyl (C=O) groups is 1. The van der Waals surface area contributed by atoms with E-state index in [0.717, 1.165) is 17.3 Å². The zero-order valence-corrected chi connectivity index (χ0v) is 10.2. The molecule has 0 N–H and O–H groups in total. The number of carbonyl (C=O) groups excluding carboxylic acids is 1. The van der Waals surface area contributed by atoms with E-state index in [9.17, 15) is 4.79 Å². The van der Waals surface area contributed by atoms with Gasteiger partial charge in [-0.25, -0.2) is 4.79 Å². The summed E-state index contributed by atoms with van der Waals surface area (Å²) in [6.45, 7) is 3.33. The van der Waals surface area contributed by atoms with Crippen LogP contribution < -0.4 is 4.74 Å². The summed E-state index contributed by atoms with van der Waals surface area (Å²) in [5, 5.41) is 0.